The molecule has 0 saturated heterocycles. The van der Waals surface area contributed by atoms with E-state index >= 15 is 0 Å². The van der Waals surface area contributed by atoms with Gasteiger partial charge in [-0.15, -0.1) is 0 Å². The minimum absolute atomic E-state index is 0.0289. The van der Waals surface area contributed by atoms with E-state index in [-0.39, 0.29) is 29.7 Å². The summed E-state index contributed by atoms with van der Waals surface area (Å²) in [6.07, 6.45) is 0.688. The zero-order valence-electron chi connectivity index (χ0n) is 17.7. The summed E-state index contributed by atoms with van der Waals surface area (Å²) in [4.78, 5) is 12.4. The Balaban J connectivity index is 1.53. The van der Waals surface area contributed by atoms with Gasteiger partial charge in [0.25, 0.3) is 5.91 Å². The van der Waals surface area contributed by atoms with Crippen LogP contribution in [-0.2, 0) is 21.3 Å². The normalized spacial score (nSPS) is 12.9. The maximum absolute atomic E-state index is 12.7. The van der Waals surface area contributed by atoms with Crippen LogP contribution in [0.5, 0.6) is 11.5 Å². The molecule has 168 valence electrons. The maximum Gasteiger partial charge on any atom is 0.251 e. The Morgan fingerprint density at radius 3 is 2.74 bits per heavy atom. The first-order valence-electron chi connectivity index (χ1n) is 10.2. The predicted octanol–water partition coefficient (Wildman–Crippen LogP) is 2.69. The summed E-state index contributed by atoms with van der Waals surface area (Å²) < 4.78 is 44.0. The van der Waals surface area contributed by atoms with Crippen molar-refractivity contribution in [2.24, 2.45) is 5.92 Å². The lowest BCUT2D eigenvalue weighted by Gasteiger charge is -2.10. The van der Waals surface area contributed by atoms with E-state index in [1.165, 1.54) is 12.1 Å². The molecule has 2 aromatic carbocycles. The molecule has 0 aromatic heterocycles. The van der Waals surface area contributed by atoms with Crippen molar-refractivity contribution in [3.63, 3.8) is 0 Å². The number of sulfonamides is 1. The van der Waals surface area contributed by atoms with Crippen LogP contribution < -0.4 is 19.5 Å². The van der Waals surface area contributed by atoms with Crippen molar-refractivity contribution in [1.29, 1.82) is 0 Å². The van der Waals surface area contributed by atoms with Crippen LogP contribution >= 0.6 is 0 Å². The topological polar surface area (TPSA) is 103 Å². The number of nitrogens with one attached hydrogen (secondary N) is 2. The van der Waals surface area contributed by atoms with E-state index in [2.05, 4.69) is 23.9 Å². The number of ether oxygens (including phenoxy) is 3. The summed E-state index contributed by atoms with van der Waals surface area (Å²) in [5.41, 5.74) is 1.02. The first kappa shape index (κ1) is 23.1. The van der Waals surface area contributed by atoms with Gasteiger partial charge in [-0.1, -0.05) is 26.0 Å². The molecular weight excluding hydrogens is 420 g/mol. The molecule has 0 radical (unpaired) electrons. The molecule has 9 heteroatoms. The Labute approximate surface area is 182 Å². The molecular formula is C22H28N2O6S. The minimum atomic E-state index is -3.79. The number of carbonyl (C=O) groups is 1. The summed E-state index contributed by atoms with van der Waals surface area (Å²) in [5.74, 6) is 1.37. The van der Waals surface area contributed by atoms with Gasteiger partial charge in [-0.2, -0.15) is 0 Å². The average Bonchev–Trinajstić information content (AvgIpc) is 3.22. The fourth-order valence-electron chi connectivity index (χ4n) is 2.91. The van der Waals surface area contributed by atoms with Gasteiger partial charge >= 0.3 is 0 Å². The number of rotatable bonds is 11. The van der Waals surface area contributed by atoms with Crippen LogP contribution in [0, 0.1) is 5.92 Å². The molecule has 0 spiro atoms. The van der Waals surface area contributed by atoms with E-state index in [1.807, 2.05) is 0 Å². The third kappa shape index (κ3) is 6.68. The van der Waals surface area contributed by atoms with Crippen LogP contribution in [0.1, 0.15) is 36.2 Å². The SMILES string of the molecule is CC(C)COCCCNC(=O)c1cccc(S(=O)(=O)NCc2ccc3c(c2)OCO3)c1. The van der Waals surface area contributed by atoms with Crippen LogP contribution in [0.2, 0.25) is 0 Å². The van der Waals surface area contributed by atoms with Crippen molar-refractivity contribution in [3.05, 3.63) is 53.6 Å². The van der Waals surface area contributed by atoms with Crippen LogP contribution in [-0.4, -0.2) is 40.9 Å². The highest BCUT2D eigenvalue weighted by molar-refractivity contribution is 7.89. The number of carbonyl (C=O) groups excluding carboxylic acids is 1. The van der Waals surface area contributed by atoms with Gasteiger partial charge in [0, 0.05) is 31.9 Å². The lowest BCUT2D eigenvalue weighted by Crippen LogP contribution is -2.26. The zero-order valence-corrected chi connectivity index (χ0v) is 18.5. The van der Waals surface area contributed by atoms with E-state index in [0.29, 0.717) is 43.6 Å². The molecule has 1 aliphatic heterocycles. The fourth-order valence-corrected chi connectivity index (χ4v) is 3.98. The lowest BCUT2D eigenvalue weighted by atomic mass is 10.2. The summed E-state index contributed by atoms with van der Waals surface area (Å²) in [6.45, 7) is 6.11. The maximum atomic E-state index is 12.7. The third-order valence-corrected chi connectivity index (χ3v) is 5.91. The number of hydrogen-bond donors (Lipinski definition) is 2. The largest absolute Gasteiger partial charge is 0.454 e. The van der Waals surface area contributed by atoms with Crippen LogP contribution in [0.3, 0.4) is 0 Å². The van der Waals surface area contributed by atoms with Gasteiger partial charge in [-0.3, -0.25) is 4.79 Å². The lowest BCUT2D eigenvalue weighted by molar-refractivity contribution is 0.0924. The van der Waals surface area contributed by atoms with Crippen molar-refractivity contribution < 1.29 is 27.4 Å². The molecule has 0 bridgehead atoms. The fraction of sp³-hybridized carbons (Fsp3) is 0.409. The smallest absolute Gasteiger partial charge is 0.251 e. The molecule has 0 fully saturated rings. The standard InChI is InChI=1S/C22H28N2O6S/c1-16(2)14-28-10-4-9-23-22(25)18-5-3-6-19(12-18)31(26,27)24-13-17-7-8-20-21(11-17)30-15-29-20/h3,5-8,11-12,16,24H,4,9-10,13-15H2,1-2H3,(H,23,25). The quantitative estimate of drug-likeness (QED) is 0.513. The van der Waals surface area contributed by atoms with Crippen molar-refractivity contribution >= 4 is 15.9 Å². The van der Waals surface area contributed by atoms with Crippen LogP contribution in [0.25, 0.3) is 0 Å². The first-order chi connectivity index (χ1) is 14.8. The molecule has 31 heavy (non-hydrogen) atoms. The number of benzene rings is 2. The molecule has 0 atom stereocenters. The Bertz CT molecular complexity index is 1010. The van der Waals surface area contributed by atoms with Gasteiger partial charge in [0.2, 0.25) is 16.8 Å². The van der Waals surface area contributed by atoms with Crippen molar-refractivity contribution in [1.82, 2.24) is 10.0 Å². The molecule has 0 unspecified atom stereocenters. The van der Waals surface area contributed by atoms with Gasteiger partial charge in [0.15, 0.2) is 11.5 Å². The molecule has 0 aliphatic carbocycles. The van der Waals surface area contributed by atoms with Crippen molar-refractivity contribution in [3.8, 4) is 11.5 Å². The van der Waals surface area contributed by atoms with Gasteiger partial charge in [0.05, 0.1) is 4.90 Å². The summed E-state index contributed by atoms with van der Waals surface area (Å²) >= 11 is 0. The Hall–Kier alpha value is -2.62. The monoisotopic (exact) mass is 448 g/mol. The highest BCUT2D eigenvalue weighted by atomic mass is 32.2. The van der Waals surface area contributed by atoms with Crippen molar-refractivity contribution in [2.75, 3.05) is 26.6 Å². The van der Waals surface area contributed by atoms with E-state index < -0.39 is 10.0 Å². The third-order valence-electron chi connectivity index (χ3n) is 4.51. The Morgan fingerprint density at radius 1 is 1.13 bits per heavy atom. The van der Waals surface area contributed by atoms with Gasteiger partial charge in [0.1, 0.15) is 0 Å². The highest BCUT2D eigenvalue weighted by Gasteiger charge is 2.18. The molecule has 8 nitrogen and oxygen atoms in total. The second-order valence-electron chi connectivity index (χ2n) is 7.62. The second-order valence-corrected chi connectivity index (χ2v) is 9.39. The van der Waals surface area contributed by atoms with Gasteiger partial charge < -0.3 is 19.5 Å². The van der Waals surface area contributed by atoms with E-state index in [1.54, 1.807) is 30.3 Å². The van der Waals surface area contributed by atoms with Crippen LogP contribution in [0.15, 0.2) is 47.4 Å². The molecule has 3 rings (SSSR count). The Kier molecular flexibility index (Phi) is 7.89. The minimum Gasteiger partial charge on any atom is -0.454 e. The van der Waals surface area contributed by atoms with Crippen molar-refractivity contribution in [2.45, 2.75) is 31.7 Å². The average molecular weight is 449 g/mol. The van der Waals surface area contributed by atoms with Gasteiger partial charge in [-0.05, 0) is 48.2 Å². The predicted molar refractivity (Wildman–Crippen MR) is 116 cm³/mol. The van der Waals surface area contributed by atoms with Crippen LogP contribution in [0.4, 0.5) is 0 Å². The highest BCUT2D eigenvalue weighted by Crippen LogP contribution is 2.32. The zero-order chi connectivity index (χ0) is 22.3. The molecule has 1 aliphatic rings. The molecule has 2 aromatic rings. The Morgan fingerprint density at radius 2 is 1.94 bits per heavy atom. The number of fused-ring (bicyclic) bond motifs is 1. The summed E-state index contributed by atoms with van der Waals surface area (Å²) in [5, 5.41) is 2.79. The summed E-state index contributed by atoms with van der Waals surface area (Å²) in [7, 11) is -3.79. The molecule has 1 amide bonds. The van der Waals surface area contributed by atoms with E-state index in [9.17, 15) is 13.2 Å². The van der Waals surface area contributed by atoms with E-state index in [4.69, 9.17) is 14.2 Å². The van der Waals surface area contributed by atoms with Gasteiger partial charge in [-0.25, -0.2) is 13.1 Å². The second kappa shape index (κ2) is 10.6. The number of hydrogen-bond acceptors (Lipinski definition) is 6. The first-order valence-corrected chi connectivity index (χ1v) is 11.7. The molecule has 0 saturated carbocycles. The summed E-state index contributed by atoms with van der Waals surface area (Å²) in [6, 6.07) is 11.2. The molecule has 1 heterocycles. The molecule has 2 N–H and O–H groups in total. The van der Waals surface area contributed by atoms with E-state index in [0.717, 1.165) is 5.56 Å². The number of amides is 1.